The molecule has 0 radical (unpaired) electrons. The summed E-state index contributed by atoms with van der Waals surface area (Å²) in [6.45, 7) is 0. The average Bonchev–Trinajstić information content (AvgIpc) is 2.63. The van der Waals surface area contributed by atoms with Gasteiger partial charge in [0.1, 0.15) is 28.0 Å². The number of aromatic hydroxyl groups is 1. The minimum Gasteiger partial charge on any atom is -0.506 e. The van der Waals surface area contributed by atoms with Gasteiger partial charge in [0.25, 0.3) is 0 Å². The van der Waals surface area contributed by atoms with E-state index >= 15 is 0 Å². The van der Waals surface area contributed by atoms with Gasteiger partial charge in [-0.25, -0.2) is 12.8 Å². The Hall–Kier alpha value is -2.78. The third kappa shape index (κ3) is 4.46. The van der Waals surface area contributed by atoms with Gasteiger partial charge in [0.2, 0.25) is 9.84 Å². The lowest BCUT2D eigenvalue weighted by Gasteiger charge is -2.12. The maximum atomic E-state index is 13.0. The first kappa shape index (κ1) is 20.9. The lowest BCUT2D eigenvalue weighted by atomic mass is 10.2. The van der Waals surface area contributed by atoms with E-state index in [1.54, 1.807) is 0 Å². The minimum atomic E-state index is -4.57. The van der Waals surface area contributed by atoms with Crippen LogP contribution in [0.3, 0.4) is 0 Å². The van der Waals surface area contributed by atoms with Crippen molar-refractivity contribution < 1.29 is 35.8 Å². The van der Waals surface area contributed by atoms with Crippen LogP contribution < -0.4 is 4.74 Å². The van der Waals surface area contributed by atoms with Crippen LogP contribution in [0.2, 0.25) is 5.02 Å². The number of phenols is 1. The molecule has 0 saturated heterocycles. The van der Waals surface area contributed by atoms with Crippen LogP contribution in [0.1, 0.15) is 5.56 Å². The second-order valence-corrected chi connectivity index (χ2v) is 8.16. The highest BCUT2D eigenvalue weighted by Gasteiger charge is 2.31. The summed E-state index contributed by atoms with van der Waals surface area (Å²) in [5, 5.41) is 9.81. The first-order valence-electron chi connectivity index (χ1n) is 7.87. The van der Waals surface area contributed by atoms with Crippen LogP contribution >= 0.6 is 11.6 Å². The largest absolute Gasteiger partial charge is 0.506 e. The summed E-state index contributed by atoms with van der Waals surface area (Å²) in [4.78, 5) is -0.677. The number of phenolic OH excluding ortho intramolecular Hbond substituents is 1. The van der Waals surface area contributed by atoms with Crippen LogP contribution in [0.25, 0.3) is 0 Å². The Morgan fingerprint density at radius 2 is 1.59 bits per heavy atom. The van der Waals surface area contributed by atoms with Gasteiger partial charge in [-0.05, 0) is 54.6 Å². The third-order valence-electron chi connectivity index (χ3n) is 3.83. The van der Waals surface area contributed by atoms with Crippen LogP contribution in [0.15, 0.2) is 70.5 Å². The van der Waals surface area contributed by atoms with Crippen molar-refractivity contribution in [1.29, 1.82) is 0 Å². The van der Waals surface area contributed by atoms with Gasteiger partial charge in [-0.15, -0.1) is 0 Å². The number of benzene rings is 3. The normalized spacial score (nSPS) is 12.0. The molecular formula is C19H11ClF4O4S. The smallest absolute Gasteiger partial charge is 0.416 e. The second kappa shape index (κ2) is 7.57. The highest BCUT2D eigenvalue weighted by atomic mass is 35.5. The number of rotatable bonds is 4. The molecule has 4 nitrogen and oxygen atoms in total. The number of hydrogen-bond acceptors (Lipinski definition) is 4. The number of hydrogen-bond donors (Lipinski definition) is 1. The van der Waals surface area contributed by atoms with Gasteiger partial charge in [0.05, 0.1) is 15.5 Å². The molecule has 3 aromatic rings. The Balaban J connectivity index is 1.89. The number of alkyl halides is 3. The zero-order valence-electron chi connectivity index (χ0n) is 14.2. The molecule has 0 amide bonds. The zero-order valence-corrected chi connectivity index (χ0v) is 15.8. The van der Waals surface area contributed by atoms with Crippen molar-refractivity contribution in [1.82, 2.24) is 0 Å². The number of sulfone groups is 1. The van der Waals surface area contributed by atoms with Gasteiger partial charge in [-0.2, -0.15) is 13.2 Å². The van der Waals surface area contributed by atoms with Crippen LogP contribution in [0, 0.1) is 5.82 Å². The van der Waals surface area contributed by atoms with E-state index in [-0.39, 0.29) is 21.4 Å². The van der Waals surface area contributed by atoms with E-state index < -0.39 is 38.0 Å². The highest BCUT2D eigenvalue weighted by Crippen LogP contribution is 2.38. The summed E-state index contributed by atoms with van der Waals surface area (Å²) >= 11 is 5.81. The molecule has 152 valence electrons. The first-order valence-corrected chi connectivity index (χ1v) is 9.73. The SMILES string of the molecule is O=S(=O)(c1ccc(F)cc1)c1ccc(Oc2ccc(C(F)(F)F)cc2Cl)cc1O. The molecule has 0 bridgehead atoms. The molecule has 10 heteroatoms. The van der Waals surface area contributed by atoms with Crippen molar-refractivity contribution in [3.05, 3.63) is 77.1 Å². The van der Waals surface area contributed by atoms with Crippen LogP contribution in [0.4, 0.5) is 17.6 Å². The Bertz CT molecular complexity index is 1160. The van der Waals surface area contributed by atoms with Crippen molar-refractivity contribution in [2.45, 2.75) is 16.0 Å². The second-order valence-electron chi connectivity index (χ2n) is 5.83. The van der Waals surface area contributed by atoms with E-state index in [9.17, 15) is 31.1 Å². The summed E-state index contributed by atoms with van der Waals surface area (Å²) in [7, 11) is -4.13. The van der Waals surface area contributed by atoms with E-state index in [4.69, 9.17) is 16.3 Å². The van der Waals surface area contributed by atoms with Gasteiger partial charge in [0.15, 0.2) is 0 Å². The molecule has 3 aromatic carbocycles. The molecule has 0 aromatic heterocycles. The van der Waals surface area contributed by atoms with Crippen LogP contribution in [-0.2, 0) is 16.0 Å². The number of halogens is 5. The highest BCUT2D eigenvalue weighted by molar-refractivity contribution is 7.91. The van der Waals surface area contributed by atoms with Crippen molar-refractivity contribution in [3.63, 3.8) is 0 Å². The molecule has 0 saturated carbocycles. The maximum absolute atomic E-state index is 13.0. The zero-order chi connectivity index (χ0) is 21.4. The standard InChI is InChI=1S/C19H11ClF4O4S/c20-15-9-11(19(22,23)24)1-7-17(15)28-13-4-8-18(16(25)10-13)29(26,27)14-5-2-12(21)3-6-14/h1-10,25H. The summed E-state index contributed by atoms with van der Waals surface area (Å²) in [5.74, 6) is -1.45. The van der Waals surface area contributed by atoms with Gasteiger partial charge in [-0.1, -0.05) is 11.6 Å². The molecule has 1 N–H and O–H groups in total. The molecule has 0 aliphatic carbocycles. The topological polar surface area (TPSA) is 63.6 Å². The van der Waals surface area contributed by atoms with Crippen molar-refractivity contribution in [2.24, 2.45) is 0 Å². The predicted molar refractivity (Wildman–Crippen MR) is 96.5 cm³/mol. The Morgan fingerprint density at radius 3 is 2.14 bits per heavy atom. The Kier molecular flexibility index (Phi) is 5.46. The van der Waals surface area contributed by atoms with Gasteiger partial charge >= 0.3 is 6.18 Å². The molecule has 0 atom stereocenters. The molecule has 0 spiro atoms. The summed E-state index contributed by atoms with van der Waals surface area (Å²) < 4.78 is 81.6. The molecule has 0 aliphatic heterocycles. The maximum Gasteiger partial charge on any atom is 0.416 e. The summed E-state index contributed by atoms with van der Waals surface area (Å²) in [5.41, 5.74) is -0.960. The van der Waals surface area contributed by atoms with Crippen LogP contribution in [0.5, 0.6) is 17.2 Å². The molecule has 0 heterocycles. The quantitative estimate of drug-likeness (QED) is 0.404. The van der Waals surface area contributed by atoms with Gasteiger partial charge < -0.3 is 9.84 Å². The molecule has 29 heavy (non-hydrogen) atoms. The molecule has 0 fully saturated rings. The minimum absolute atomic E-state index is 0.0535. The number of ether oxygens (including phenoxy) is 1. The van der Waals surface area contributed by atoms with E-state index in [2.05, 4.69) is 0 Å². The van der Waals surface area contributed by atoms with E-state index in [1.807, 2.05) is 0 Å². The molecule has 0 unspecified atom stereocenters. The Labute approximate surface area is 167 Å². The molecule has 3 rings (SSSR count). The third-order valence-corrected chi connectivity index (χ3v) is 5.94. The van der Waals surface area contributed by atoms with Crippen LogP contribution in [-0.4, -0.2) is 13.5 Å². The summed E-state index contributed by atoms with van der Waals surface area (Å²) in [6.07, 6.45) is -4.57. The predicted octanol–water partition coefficient (Wildman–Crippen LogP) is 5.83. The average molecular weight is 447 g/mol. The van der Waals surface area contributed by atoms with Crippen molar-refractivity contribution in [3.8, 4) is 17.2 Å². The van der Waals surface area contributed by atoms with E-state index in [1.165, 1.54) is 6.07 Å². The Morgan fingerprint density at radius 1 is 0.931 bits per heavy atom. The lowest BCUT2D eigenvalue weighted by Crippen LogP contribution is -2.04. The van der Waals surface area contributed by atoms with Gasteiger partial charge in [0, 0.05) is 6.07 Å². The fraction of sp³-hybridized carbons (Fsp3) is 0.0526. The van der Waals surface area contributed by atoms with Crippen molar-refractivity contribution >= 4 is 21.4 Å². The summed E-state index contributed by atoms with van der Waals surface area (Å²) in [6, 6.07) is 9.73. The van der Waals surface area contributed by atoms with Gasteiger partial charge in [-0.3, -0.25) is 0 Å². The fourth-order valence-corrected chi connectivity index (χ4v) is 3.96. The van der Waals surface area contributed by atoms with E-state index in [0.717, 1.165) is 48.5 Å². The van der Waals surface area contributed by atoms with Crippen molar-refractivity contribution in [2.75, 3.05) is 0 Å². The fourth-order valence-electron chi connectivity index (χ4n) is 2.42. The van der Waals surface area contributed by atoms with E-state index in [0.29, 0.717) is 6.07 Å². The lowest BCUT2D eigenvalue weighted by molar-refractivity contribution is -0.137. The molecular weight excluding hydrogens is 436 g/mol. The first-order chi connectivity index (χ1) is 13.5. The monoisotopic (exact) mass is 446 g/mol. The molecule has 0 aliphatic rings.